The third kappa shape index (κ3) is 7.06. The highest BCUT2D eigenvalue weighted by molar-refractivity contribution is 5.86. The molecule has 2 heterocycles. The normalized spacial score (nSPS) is 15.1. The van der Waals surface area contributed by atoms with Gasteiger partial charge in [-0.3, -0.25) is 4.98 Å². The summed E-state index contributed by atoms with van der Waals surface area (Å²) in [5, 5.41) is 6.92. The lowest BCUT2D eigenvalue weighted by Crippen LogP contribution is -2.39. The fraction of sp³-hybridized carbons (Fsp3) is 0.545. The Morgan fingerprint density at radius 1 is 1.24 bits per heavy atom. The minimum atomic E-state index is 0. The highest BCUT2D eigenvalue weighted by Crippen LogP contribution is 2.03. The van der Waals surface area contributed by atoms with Crippen molar-refractivity contribution in [3.05, 3.63) is 30.1 Å². The van der Waals surface area contributed by atoms with Gasteiger partial charge in [-0.15, -0.1) is 37.2 Å². The molecule has 0 atom stereocenters. The molecule has 6 heteroatoms. The van der Waals surface area contributed by atoms with Gasteiger partial charge in [0.1, 0.15) is 0 Å². The summed E-state index contributed by atoms with van der Waals surface area (Å²) in [7, 11) is 0. The number of halogens is 3. The average molecular weight is 301 g/mol. The topological polar surface area (TPSA) is 37.0 Å². The van der Waals surface area contributed by atoms with Crippen molar-refractivity contribution in [2.75, 3.05) is 13.1 Å². The molecule has 0 aliphatic carbocycles. The quantitative estimate of drug-likeness (QED) is 0.898. The standard InChI is InChI=1S/C11H17N3.3ClH/c1-2-10(8-13-5-1)9-14-11-3-6-12-7-4-11;;;/h1-2,5,8,11-12,14H,3-4,6-7,9H2;3*1H. The Morgan fingerprint density at radius 2 is 1.94 bits per heavy atom. The molecule has 3 nitrogen and oxygen atoms in total. The summed E-state index contributed by atoms with van der Waals surface area (Å²) in [6.07, 6.45) is 6.21. The fourth-order valence-corrected chi connectivity index (χ4v) is 1.79. The minimum absolute atomic E-state index is 0. The van der Waals surface area contributed by atoms with E-state index in [9.17, 15) is 0 Å². The van der Waals surface area contributed by atoms with Crippen LogP contribution in [0.3, 0.4) is 0 Å². The maximum absolute atomic E-state index is 4.10. The summed E-state index contributed by atoms with van der Waals surface area (Å²) >= 11 is 0. The van der Waals surface area contributed by atoms with Crippen LogP contribution in [0.5, 0.6) is 0 Å². The number of aromatic nitrogens is 1. The summed E-state index contributed by atoms with van der Waals surface area (Å²) in [4.78, 5) is 4.10. The Hall–Kier alpha value is -0.0600. The zero-order valence-corrected chi connectivity index (χ0v) is 12.0. The highest BCUT2D eigenvalue weighted by Gasteiger charge is 2.11. The van der Waals surface area contributed by atoms with Crippen LogP contribution in [0.4, 0.5) is 0 Å². The van der Waals surface area contributed by atoms with E-state index in [2.05, 4.69) is 21.7 Å². The SMILES string of the molecule is Cl.Cl.Cl.c1cncc(CNC2CCNCC2)c1. The van der Waals surface area contributed by atoms with Gasteiger partial charge in [-0.1, -0.05) is 6.07 Å². The molecule has 100 valence electrons. The maximum atomic E-state index is 4.10. The largest absolute Gasteiger partial charge is 0.317 e. The second-order valence-electron chi connectivity index (χ2n) is 3.77. The molecule has 1 saturated heterocycles. The van der Waals surface area contributed by atoms with Crippen LogP contribution >= 0.6 is 37.2 Å². The molecule has 0 bridgehead atoms. The number of rotatable bonds is 3. The molecular formula is C11H20Cl3N3. The molecule has 1 aliphatic heterocycles. The third-order valence-electron chi connectivity index (χ3n) is 2.66. The second-order valence-corrected chi connectivity index (χ2v) is 3.77. The number of hydrogen-bond donors (Lipinski definition) is 2. The fourth-order valence-electron chi connectivity index (χ4n) is 1.79. The molecule has 0 amide bonds. The molecule has 0 saturated carbocycles. The predicted molar refractivity (Wildman–Crippen MR) is 78.7 cm³/mol. The molecule has 0 unspecified atom stereocenters. The molecule has 2 rings (SSSR count). The van der Waals surface area contributed by atoms with Gasteiger partial charge in [0.05, 0.1) is 0 Å². The van der Waals surface area contributed by atoms with Gasteiger partial charge in [-0.25, -0.2) is 0 Å². The predicted octanol–water partition coefficient (Wildman–Crippen LogP) is 2.19. The van der Waals surface area contributed by atoms with E-state index in [1.54, 1.807) is 0 Å². The molecule has 0 spiro atoms. The van der Waals surface area contributed by atoms with Crippen molar-refractivity contribution < 1.29 is 0 Å². The van der Waals surface area contributed by atoms with Gasteiger partial charge < -0.3 is 10.6 Å². The Morgan fingerprint density at radius 3 is 2.53 bits per heavy atom. The monoisotopic (exact) mass is 299 g/mol. The maximum Gasteiger partial charge on any atom is 0.0312 e. The van der Waals surface area contributed by atoms with Crippen molar-refractivity contribution in [1.82, 2.24) is 15.6 Å². The van der Waals surface area contributed by atoms with E-state index >= 15 is 0 Å². The van der Waals surface area contributed by atoms with Crippen LogP contribution in [0.25, 0.3) is 0 Å². The van der Waals surface area contributed by atoms with Crippen LogP contribution in [-0.2, 0) is 6.54 Å². The Labute approximate surface area is 121 Å². The molecule has 1 fully saturated rings. The zero-order valence-electron chi connectivity index (χ0n) is 9.59. The van der Waals surface area contributed by atoms with Gasteiger partial charge >= 0.3 is 0 Å². The Bertz CT molecular complexity index is 266. The Balaban J connectivity index is 0. The van der Waals surface area contributed by atoms with E-state index in [1.807, 2.05) is 18.5 Å². The molecule has 0 radical (unpaired) electrons. The summed E-state index contributed by atoms with van der Waals surface area (Å²) in [6.45, 7) is 3.23. The van der Waals surface area contributed by atoms with Crippen molar-refractivity contribution in [2.45, 2.75) is 25.4 Å². The number of nitrogens with zero attached hydrogens (tertiary/aromatic N) is 1. The van der Waals surface area contributed by atoms with Crippen LogP contribution < -0.4 is 10.6 Å². The molecule has 2 N–H and O–H groups in total. The van der Waals surface area contributed by atoms with E-state index in [1.165, 1.54) is 18.4 Å². The van der Waals surface area contributed by atoms with E-state index in [-0.39, 0.29) is 37.2 Å². The van der Waals surface area contributed by atoms with Gasteiger partial charge in [0.2, 0.25) is 0 Å². The summed E-state index contributed by atoms with van der Waals surface area (Å²) < 4.78 is 0. The van der Waals surface area contributed by atoms with Crippen molar-refractivity contribution >= 4 is 37.2 Å². The lowest BCUT2D eigenvalue weighted by atomic mass is 10.1. The lowest BCUT2D eigenvalue weighted by Gasteiger charge is -2.23. The minimum Gasteiger partial charge on any atom is -0.317 e. The van der Waals surface area contributed by atoms with Gasteiger partial charge in [0, 0.05) is 25.0 Å². The highest BCUT2D eigenvalue weighted by atomic mass is 35.5. The van der Waals surface area contributed by atoms with Gasteiger partial charge in [-0.2, -0.15) is 0 Å². The van der Waals surface area contributed by atoms with Crippen molar-refractivity contribution in [1.29, 1.82) is 0 Å². The summed E-state index contributed by atoms with van der Waals surface area (Å²) in [5.74, 6) is 0. The molecule has 0 aromatic carbocycles. The molecule has 1 aromatic heterocycles. The van der Waals surface area contributed by atoms with Gasteiger partial charge in [0.25, 0.3) is 0 Å². The Kier molecular flexibility index (Phi) is 12.5. The van der Waals surface area contributed by atoms with Crippen molar-refractivity contribution in [3.63, 3.8) is 0 Å². The first kappa shape index (κ1) is 19.3. The third-order valence-corrected chi connectivity index (χ3v) is 2.66. The number of hydrogen-bond acceptors (Lipinski definition) is 3. The van der Waals surface area contributed by atoms with Crippen LogP contribution in [-0.4, -0.2) is 24.1 Å². The second kappa shape index (κ2) is 11.1. The van der Waals surface area contributed by atoms with Crippen LogP contribution in [0.15, 0.2) is 24.5 Å². The number of pyridine rings is 1. The molecule has 1 aromatic rings. The van der Waals surface area contributed by atoms with Crippen LogP contribution in [0.1, 0.15) is 18.4 Å². The van der Waals surface area contributed by atoms with Gasteiger partial charge in [0.15, 0.2) is 0 Å². The van der Waals surface area contributed by atoms with Crippen molar-refractivity contribution in [2.24, 2.45) is 0 Å². The number of piperidine rings is 1. The molecule has 1 aliphatic rings. The zero-order chi connectivity index (χ0) is 9.64. The van der Waals surface area contributed by atoms with E-state index in [0.29, 0.717) is 6.04 Å². The summed E-state index contributed by atoms with van der Waals surface area (Å²) in [5.41, 5.74) is 1.27. The number of nitrogens with one attached hydrogen (secondary N) is 2. The van der Waals surface area contributed by atoms with Crippen LogP contribution in [0.2, 0.25) is 0 Å². The summed E-state index contributed by atoms with van der Waals surface area (Å²) in [6, 6.07) is 4.78. The molecular weight excluding hydrogens is 281 g/mol. The smallest absolute Gasteiger partial charge is 0.0312 e. The first-order valence-corrected chi connectivity index (χ1v) is 5.28. The molecule has 17 heavy (non-hydrogen) atoms. The van der Waals surface area contributed by atoms with E-state index < -0.39 is 0 Å². The average Bonchev–Trinajstić information content (AvgIpc) is 2.29. The van der Waals surface area contributed by atoms with Gasteiger partial charge in [-0.05, 0) is 37.6 Å². The first-order valence-electron chi connectivity index (χ1n) is 5.28. The van der Waals surface area contributed by atoms with E-state index in [0.717, 1.165) is 19.6 Å². The van der Waals surface area contributed by atoms with Crippen LogP contribution in [0, 0.1) is 0 Å². The first-order chi connectivity index (χ1) is 6.95. The lowest BCUT2D eigenvalue weighted by molar-refractivity contribution is 0.386. The van der Waals surface area contributed by atoms with Crippen molar-refractivity contribution in [3.8, 4) is 0 Å². The van der Waals surface area contributed by atoms with E-state index in [4.69, 9.17) is 0 Å².